The Morgan fingerprint density at radius 3 is 1.37 bits per heavy atom. The van der Waals surface area contributed by atoms with E-state index in [-0.39, 0.29) is 34.8 Å². The molecular weight excluding hydrogens is 753 g/mol. The van der Waals surface area contributed by atoms with Gasteiger partial charge in [-0.25, -0.2) is 9.97 Å². The average Bonchev–Trinajstić information content (AvgIpc) is 3.72. The molecule has 0 saturated heterocycles. The Kier molecular flexibility index (Phi) is 7.39. The zero-order chi connectivity index (χ0) is 31.0. The monoisotopic (exact) mass is 783 g/mol. The number of pyridine rings is 2. The quantitative estimate of drug-likeness (QED) is 0.201. The molecular formula is C34H30B2N8OPt. The van der Waals surface area contributed by atoms with E-state index in [0.29, 0.717) is 11.8 Å². The van der Waals surface area contributed by atoms with Gasteiger partial charge in [0.15, 0.2) is 0 Å². The van der Waals surface area contributed by atoms with Crippen molar-refractivity contribution in [1.29, 1.82) is 0 Å². The number of benzene rings is 2. The van der Waals surface area contributed by atoms with E-state index in [0.717, 1.165) is 34.2 Å². The largest absolute Gasteiger partial charge is 2.00 e. The molecule has 2 aliphatic heterocycles. The van der Waals surface area contributed by atoms with Crippen LogP contribution in [0, 0.1) is 40.3 Å². The summed E-state index contributed by atoms with van der Waals surface area (Å²) in [6.45, 7) is 8.57. The fourth-order valence-corrected chi connectivity index (χ4v) is 7.10. The van der Waals surface area contributed by atoms with Crippen molar-refractivity contribution < 1.29 is 25.8 Å². The fraction of sp³-hybridized carbons (Fsp3) is 0.176. The van der Waals surface area contributed by atoms with Crippen LogP contribution in [0.5, 0.6) is 11.8 Å². The van der Waals surface area contributed by atoms with E-state index < -0.39 is 0 Å². The van der Waals surface area contributed by atoms with E-state index in [2.05, 4.69) is 123 Å². The van der Waals surface area contributed by atoms with Gasteiger partial charge in [-0.15, -0.1) is 0 Å². The Morgan fingerprint density at radius 2 is 0.978 bits per heavy atom. The van der Waals surface area contributed by atoms with Gasteiger partial charge in [0.2, 0.25) is 11.8 Å². The van der Waals surface area contributed by atoms with Crippen LogP contribution >= 0.6 is 0 Å². The number of anilines is 2. The smallest absolute Gasteiger partial charge is 0.444 e. The van der Waals surface area contributed by atoms with Crippen molar-refractivity contribution in [1.82, 2.24) is 29.1 Å². The Morgan fingerprint density at radius 1 is 0.587 bits per heavy atom. The summed E-state index contributed by atoms with van der Waals surface area (Å²) in [6, 6.07) is 20.8. The van der Waals surface area contributed by atoms with Gasteiger partial charge in [0.05, 0.1) is 11.6 Å². The van der Waals surface area contributed by atoms with E-state index in [1.54, 1.807) is 0 Å². The first kappa shape index (κ1) is 30.1. The van der Waals surface area contributed by atoms with E-state index in [4.69, 9.17) is 14.7 Å². The SMILES string of the molecule is Cc1cccc(C)c1B1c2ccc(Oc3ccc4c(n3)-n3[c-]ncc3N(C)B4c3c(C)cccc3C)nc2-n2[c-]ncc2N1C.[Pt+2]. The van der Waals surface area contributed by atoms with Gasteiger partial charge in [-0.2, -0.15) is 0 Å². The van der Waals surface area contributed by atoms with Crippen molar-refractivity contribution in [2.45, 2.75) is 27.7 Å². The molecule has 2 aliphatic rings. The van der Waals surface area contributed by atoms with E-state index in [1.807, 2.05) is 33.7 Å². The molecule has 2 aromatic carbocycles. The Labute approximate surface area is 283 Å². The molecule has 6 aromatic rings. The van der Waals surface area contributed by atoms with Crippen molar-refractivity contribution in [3.8, 4) is 23.4 Å². The summed E-state index contributed by atoms with van der Waals surface area (Å²) in [7, 11) is 4.18. The predicted molar refractivity (Wildman–Crippen MR) is 179 cm³/mol. The van der Waals surface area contributed by atoms with E-state index >= 15 is 0 Å². The first-order chi connectivity index (χ1) is 21.8. The van der Waals surface area contributed by atoms with Crippen LogP contribution in [0.4, 0.5) is 11.6 Å². The number of aromatic nitrogens is 6. The summed E-state index contributed by atoms with van der Waals surface area (Å²) in [5, 5.41) is 0. The van der Waals surface area contributed by atoms with Crippen LogP contribution in [0.1, 0.15) is 22.3 Å². The van der Waals surface area contributed by atoms with Gasteiger partial charge in [-0.1, -0.05) is 81.7 Å². The van der Waals surface area contributed by atoms with E-state index in [1.165, 1.54) is 33.2 Å². The van der Waals surface area contributed by atoms with Crippen molar-refractivity contribution in [2.24, 2.45) is 0 Å². The zero-order valence-corrected chi connectivity index (χ0v) is 28.7. The van der Waals surface area contributed by atoms with Gasteiger partial charge in [0.25, 0.3) is 0 Å². The summed E-state index contributed by atoms with van der Waals surface area (Å²) in [4.78, 5) is 23.2. The minimum absolute atomic E-state index is 0. The molecule has 0 spiro atoms. The molecule has 0 unspecified atom stereocenters. The normalized spacial score (nSPS) is 13.1. The Balaban J connectivity index is 0.00000338. The summed E-state index contributed by atoms with van der Waals surface area (Å²) in [5.74, 6) is 4.19. The molecule has 228 valence electrons. The van der Waals surface area contributed by atoms with Crippen LogP contribution in [0.2, 0.25) is 0 Å². The fourth-order valence-electron chi connectivity index (χ4n) is 7.10. The van der Waals surface area contributed by atoms with Crippen LogP contribution in [0.25, 0.3) is 11.6 Å². The molecule has 0 atom stereocenters. The summed E-state index contributed by atoms with van der Waals surface area (Å²) in [5.41, 5.74) is 9.55. The molecule has 0 fully saturated rings. The van der Waals surface area contributed by atoms with Crippen LogP contribution in [-0.4, -0.2) is 56.9 Å². The van der Waals surface area contributed by atoms with Gasteiger partial charge in [0, 0.05) is 12.7 Å². The van der Waals surface area contributed by atoms with Crippen LogP contribution < -0.4 is 36.2 Å². The maximum atomic E-state index is 6.38. The molecule has 0 saturated carbocycles. The zero-order valence-electron chi connectivity index (χ0n) is 26.4. The molecule has 46 heavy (non-hydrogen) atoms. The van der Waals surface area contributed by atoms with E-state index in [9.17, 15) is 0 Å². The molecule has 0 bridgehead atoms. The van der Waals surface area contributed by atoms with Crippen LogP contribution in [-0.2, 0) is 21.1 Å². The molecule has 0 amide bonds. The first-order valence-corrected chi connectivity index (χ1v) is 15.0. The van der Waals surface area contributed by atoms with Crippen molar-refractivity contribution in [3.63, 3.8) is 0 Å². The minimum Gasteiger partial charge on any atom is -0.444 e. The Hall–Kier alpha value is -4.62. The third-order valence-electron chi connectivity index (χ3n) is 9.24. The summed E-state index contributed by atoms with van der Waals surface area (Å²) >= 11 is 0. The molecule has 0 N–H and O–H groups in total. The van der Waals surface area contributed by atoms with Gasteiger partial charge in [0.1, 0.15) is 0 Å². The average molecular weight is 783 g/mol. The number of hydrogen-bond acceptors (Lipinski definition) is 7. The molecule has 8 rings (SSSR count). The van der Waals surface area contributed by atoms with Crippen molar-refractivity contribution in [2.75, 3.05) is 23.7 Å². The molecule has 9 nitrogen and oxygen atoms in total. The maximum absolute atomic E-state index is 6.38. The second-order valence-electron chi connectivity index (χ2n) is 12.0. The number of ether oxygens (including phenoxy) is 1. The van der Waals surface area contributed by atoms with Gasteiger partial charge in [-0.3, -0.25) is 0 Å². The molecule has 6 heterocycles. The Bertz CT molecular complexity index is 1940. The van der Waals surface area contributed by atoms with Crippen LogP contribution in [0.3, 0.4) is 0 Å². The number of imidazole rings is 2. The number of rotatable bonds is 4. The predicted octanol–water partition coefficient (Wildman–Crippen LogP) is 2.58. The third kappa shape index (κ3) is 4.51. The van der Waals surface area contributed by atoms with Crippen molar-refractivity contribution in [3.05, 3.63) is 108 Å². The second-order valence-corrected chi connectivity index (χ2v) is 12.0. The second kappa shape index (κ2) is 11.3. The number of aryl methyl sites for hydroxylation is 4. The molecule has 0 radical (unpaired) electrons. The molecule has 4 aromatic heterocycles. The third-order valence-corrected chi connectivity index (χ3v) is 9.24. The maximum Gasteiger partial charge on any atom is 2.00 e. The van der Waals surface area contributed by atoms with Gasteiger partial charge in [-0.05, 0) is 88.9 Å². The van der Waals surface area contributed by atoms with Crippen LogP contribution in [0.15, 0.2) is 73.1 Å². The summed E-state index contributed by atoms with van der Waals surface area (Å²) in [6.07, 6.45) is 9.83. The first-order valence-electron chi connectivity index (χ1n) is 15.0. The van der Waals surface area contributed by atoms with Gasteiger partial charge < -0.3 is 33.5 Å². The standard InChI is InChI=1S/C34H30B2N8O.Pt/c1-21-9-7-10-22(2)31(21)35-25-13-15-27(39-33(25)43-19-37-17-29(43)41(35)5)45-28-16-14-26-34(40-28)44-20-38-18-30(44)42(6)36(26)32-23(3)11-8-12-24(32)4;/h7-18H,1-6H3;/q-2;+2. The number of nitrogens with zero attached hydrogens (tertiary/aromatic N) is 8. The van der Waals surface area contributed by atoms with Crippen molar-refractivity contribution >= 4 is 47.2 Å². The number of fused-ring (bicyclic) bond motifs is 6. The summed E-state index contributed by atoms with van der Waals surface area (Å²) < 4.78 is 10.2. The van der Waals surface area contributed by atoms with Gasteiger partial charge >= 0.3 is 34.8 Å². The minimum atomic E-state index is -0.0313. The number of hydrogen-bond donors (Lipinski definition) is 0. The molecule has 12 heteroatoms. The molecule has 0 aliphatic carbocycles. The topological polar surface area (TPSA) is 77.1 Å².